The van der Waals surface area contributed by atoms with E-state index in [0.29, 0.717) is 0 Å². The molecule has 156 valence electrons. The molecule has 1 unspecified atom stereocenters. The molecule has 0 radical (unpaired) electrons. The summed E-state index contributed by atoms with van der Waals surface area (Å²) in [7, 11) is 0. The van der Waals surface area contributed by atoms with E-state index in [-0.39, 0.29) is 0 Å². The van der Waals surface area contributed by atoms with E-state index in [1.165, 1.54) is 32.9 Å². The molecule has 0 aliphatic rings. The Hall–Kier alpha value is -1.56. The van der Waals surface area contributed by atoms with Crippen molar-refractivity contribution in [3.63, 3.8) is 0 Å². The highest BCUT2D eigenvalue weighted by molar-refractivity contribution is 5.09. The summed E-state index contributed by atoms with van der Waals surface area (Å²) in [4.78, 5) is 12.9. The van der Waals surface area contributed by atoms with Gasteiger partial charge in [-0.15, -0.1) is 0 Å². The molecule has 0 fully saturated rings. The van der Waals surface area contributed by atoms with E-state index in [1.807, 2.05) is 0 Å². The molecule has 0 N–H and O–H groups in total. The van der Waals surface area contributed by atoms with Crippen LogP contribution in [0.5, 0.6) is 0 Å². The molecule has 1 aromatic heterocycles. The van der Waals surface area contributed by atoms with E-state index in [0.717, 1.165) is 12.3 Å². The Morgan fingerprint density at radius 1 is 0.889 bits per heavy atom. The molecule has 0 aromatic carbocycles. The Morgan fingerprint density at radius 2 is 1.44 bits per heavy atom. The first-order valence-electron chi connectivity index (χ1n) is 7.38. The van der Waals surface area contributed by atoms with Crippen molar-refractivity contribution in [3.8, 4) is 0 Å². The zero-order valence-electron chi connectivity index (χ0n) is 14.3. The molecule has 0 saturated carbocycles. The molecule has 27 heavy (non-hydrogen) atoms. The van der Waals surface area contributed by atoms with Gasteiger partial charge in [0, 0.05) is 6.20 Å². The lowest BCUT2D eigenvalue weighted by molar-refractivity contribution is -0.413. The third kappa shape index (κ3) is 5.24. The van der Waals surface area contributed by atoms with Gasteiger partial charge in [0.15, 0.2) is 0 Å². The summed E-state index contributed by atoms with van der Waals surface area (Å²) in [5, 5.41) is 0. The Balaban J connectivity index is 3.21. The molecule has 0 amide bonds. The second-order valence-electron chi connectivity index (χ2n) is 6.59. The zero-order valence-corrected chi connectivity index (χ0v) is 14.3. The molecule has 1 aromatic rings. The van der Waals surface area contributed by atoms with Crippen LogP contribution in [0.1, 0.15) is 39.0 Å². The van der Waals surface area contributed by atoms with Crippen LogP contribution in [0.2, 0.25) is 0 Å². The zero-order chi connectivity index (χ0) is 21.3. The van der Waals surface area contributed by atoms with Crippen LogP contribution in [-0.2, 0) is 9.78 Å². The summed E-state index contributed by atoms with van der Waals surface area (Å²) < 4.78 is 117. The number of rotatable bonds is 7. The van der Waals surface area contributed by atoms with Gasteiger partial charge in [0.1, 0.15) is 6.10 Å². The first-order valence-corrected chi connectivity index (χ1v) is 7.38. The molecule has 1 atom stereocenters. The van der Waals surface area contributed by atoms with Gasteiger partial charge in [0.05, 0.1) is 17.7 Å². The quantitative estimate of drug-likeness (QED) is 0.325. The average Bonchev–Trinajstić information content (AvgIpc) is 2.50. The number of hydrogen-bond donors (Lipinski definition) is 0. The molecule has 12 heteroatoms. The largest absolute Gasteiger partial charge is 0.460 e. The highest BCUT2D eigenvalue weighted by Crippen LogP contribution is 2.55. The summed E-state index contributed by atoms with van der Waals surface area (Å²) in [6, 6.07) is 3.61. The number of nitrogens with zero attached hydrogens (tertiary/aromatic N) is 1. The molecule has 0 aliphatic carbocycles. The molecule has 1 heterocycles. The fourth-order valence-corrected chi connectivity index (χ4v) is 1.73. The van der Waals surface area contributed by atoms with Crippen molar-refractivity contribution in [1.29, 1.82) is 0 Å². The second kappa shape index (κ2) is 7.46. The van der Waals surface area contributed by atoms with Crippen molar-refractivity contribution < 1.29 is 49.3 Å². The van der Waals surface area contributed by atoms with Crippen LogP contribution in [0.3, 0.4) is 0 Å². The fourth-order valence-electron chi connectivity index (χ4n) is 1.73. The van der Waals surface area contributed by atoms with Crippen LogP contribution >= 0.6 is 0 Å². The fraction of sp³-hybridized carbons (Fsp3) is 0.667. The van der Waals surface area contributed by atoms with E-state index in [1.54, 1.807) is 0 Å². The predicted octanol–water partition coefficient (Wildman–Crippen LogP) is 5.73. The lowest BCUT2D eigenvalue weighted by atomic mass is 9.97. The maximum absolute atomic E-state index is 13.9. The molecule has 3 nitrogen and oxygen atoms in total. The number of halogens is 9. The van der Waals surface area contributed by atoms with E-state index in [4.69, 9.17) is 4.89 Å². The summed E-state index contributed by atoms with van der Waals surface area (Å²) in [6.07, 6.45) is -10.2. The number of hydrogen-bond acceptors (Lipinski definition) is 3. The SMILES string of the molecule is CC(C)(C)OOC(CC(F)(F)C(F)(F)C(F)(F)C(F)(F)F)c1ccccn1. The Morgan fingerprint density at radius 3 is 1.85 bits per heavy atom. The molecule has 0 spiro atoms. The Labute approximate surface area is 148 Å². The Bertz CT molecular complexity index is 612. The minimum absolute atomic E-state index is 0.424. The first-order chi connectivity index (χ1) is 11.9. The normalized spacial score (nSPS) is 15.7. The van der Waals surface area contributed by atoms with Crippen LogP contribution in [0.15, 0.2) is 24.4 Å². The maximum Gasteiger partial charge on any atom is 0.460 e. The highest BCUT2D eigenvalue weighted by Gasteiger charge is 2.81. The van der Waals surface area contributed by atoms with Gasteiger partial charge in [0.2, 0.25) is 0 Å². The molecule has 0 aliphatic heterocycles. The lowest BCUT2D eigenvalue weighted by Crippen LogP contribution is -2.61. The standard InChI is InChI=1S/C15H16F9NO2/c1-11(2,3)27-26-10(9-6-4-5-7-25-9)8-12(16,17)13(18,19)14(20,21)15(22,23)24/h4-7,10H,8H2,1-3H3. The third-order valence-corrected chi connectivity index (χ3v) is 3.08. The van der Waals surface area contributed by atoms with Crippen molar-refractivity contribution in [2.45, 2.75) is 62.8 Å². The molecule has 0 saturated heterocycles. The number of aromatic nitrogens is 1. The first kappa shape index (κ1) is 23.5. The van der Waals surface area contributed by atoms with Gasteiger partial charge in [-0.05, 0) is 32.9 Å². The molecular weight excluding hydrogens is 397 g/mol. The molecular formula is C15H16F9NO2. The van der Waals surface area contributed by atoms with Crippen molar-refractivity contribution in [2.75, 3.05) is 0 Å². The van der Waals surface area contributed by atoms with E-state index < -0.39 is 47.8 Å². The topological polar surface area (TPSA) is 31.4 Å². The van der Waals surface area contributed by atoms with Crippen LogP contribution in [0, 0.1) is 0 Å². The minimum Gasteiger partial charge on any atom is -0.258 e. The van der Waals surface area contributed by atoms with Gasteiger partial charge in [0.25, 0.3) is 0 Å². The van der Waals surface area contributed by atoms with Crippen molar-refractivity contribution in [3.05, 3.63) is 30.1 Å². The second-order valence-corrected chi connectivity index (χ2v) is 6.59. The van der Waals surface area contributed by atoms with Crippen molar-refractivity contribution in [1.82, 2.24) is 4.98 Å². The van der Waals surface area contributed by atoms with Gasteiger partial charge < -0.3 is 0 Å². The monoisotopic (exact) mass is 413 g/mol. The van der Waals surface area contributed by atoms with Gasteiger partial charge in [-0.2, -0.15) is 39.5 Å². The predicted molar refractivity (Wildman–Crippen MR) is 74.4 cm³/mol. The van der Waals surface area contributed by atoms with E-state index in [9.17, 15) is 39.5 Å². The van der Waals surface area contributed by atoms with Crippen molar-refractivity contribution in [2.24, 2.45) is 0 Å². The van der Waals surface area contributed by atoms with Gasteiger partial charge >= 0.3 is 23.9 Å². The maximum atomic E-state index is 13.9. The van der Waals surface area contributed by atoms with Gasteiger partial charge in [-0.1, -0.05) is 6.07 Å². The molecule has 0 bridgehead atoms. The smallest absolute Gasteiger partial charge is 0.258 e. The highest BCUT2D eigenvalue weighted by atomic mass is 19.4. The Kier molecular flexibility index (Phi) is 6.48. The van der Waals surface area contributed by atoms with Crippen molar-refractivity contribution >= 4 is 0 Å². The van der Waals surface area contributed by atoms with E-state index >= 15 is 0 Å². The third-order valence-electron chi connectivity index (χ3n) is 3.08. The summed E-state index contributed by atoms with van der Waals surface area (Å²) in [6.45, 7) is 4.19. The molecule has 1 rings (SSSR count). The lowest BCUT2D eigenvalue weighted by Gasteiger charge is -2.35. The summed E-state index contributed by atoms with van der Waals surface area (Å²) in [5.74, 6) is -19.5. The van der Waals surface area contributed by atoms with E-state index in [2.05, 4.69) is 9.87 Å². The van der Waals surface area contributed by atoms with Crippen LogP contribution in [-0.4, -0.2) is 34.5 Å². The number of alkyl halides is 9. The summed E-state index contributed by atoms with van der Waals surface area (Å²) in [5.41, 5.74) is -1.55. The van der Waals surface area contributed by atoms with Crippen LogP contribution in [0.4, 0.5) is 39.5 Å². The van der Waals surface area contributed by atoms with Gasteiger partial charge in [-0.25, -0.2) is 9.78 Å². The summed E-state index contributed by atoms with van der Waals surface area (Å²) >= 11 is 0. The van der Waals surface area contributed by atoms with Gasteiger partial charge in [-0.3, -0.25) is 4.98 Å². The van der Waals surface area contributed by atoms with Crippen LogP contribution < -0.4 is 0 Å². The average molecular weight is 413 g/mol. The minimum atomic E-state index is -6.97. The van der Waals surface area contributed by atoms with Crippen LogP contribution in [0.25, 0.3) is 0 Å². The number of pyridine rings is 1.